The molecule has 0 aliphatic carbocycles. The summed E-state index contributed by atoms with van der Waals surface area (Å²) in [5.41, 5.74) is 1.22. The zero-order valence-corrected chi connectivity index (χ0v) is 24.1. The van der Waals surface area contributed by atoms with Crippen molar-refractivity contribution in [2.45, 2.75) is 50.4 Å². The zero-order chi connectivity index (χ0) is 32.1. The first-order valence-electron chi connectivity index (χ1n) is 14.4. The molecule has 238 valence electrons. The number of hydrogen-bond acceptors (Lipinski definition) is 5. The molecule has 0 spiro atoms. The Morgan fingerprint density at radius 2 is 1.69 bits per heavy atom. The van der Waals surface area contributed by atoms with Crippen LogP contribution in [0.3, 0.4) is 0 Å². The van der Waals surface area contributed by atoms with Gasteiger partial charge >= 0.3 is 6.18 Å². The maximum atomic E-state index is 14.0. The van der Waals surface area contributed by atoms with Crippen LogP contribution in [0.1, 0.15) is 28.7 Å². The highest BCUT2D eigenvalue weighted by molar-refractivity contribution is 5.89. The molecule has 0 saturated carbocycles. The van der Waals surface area contributed by atoms with Crippen LogP contribution in [0.4, 0.5) is 22.0 Å². The molecule has 7 nitrogen and oxygen atoms in total. The number of alkyl halides is 3. The molecule has 0 aromatic heterocycles. The molecule has 1 saturated heterocycles. The summed E-state index contributed by atoms with van der Waals surface area (Å²) in [5.74, 6) is -3.32. The van der Waals surface area contributed by atoms with Crippen molar-refractivity contribution < 1.29 is 41.4 Å². The van der Waals surface area contributed by atoms with E-state index in [1.807, 2.05) is 30.3 Å². The van der Waals surface area contributed by atoms with E-state index in [4.69, 9.17) is 4.74 Å². The molecule has 2 aliphatic rings. The van der Waals surface area contributed by atoms with Gasteiger partial charge in [0.2, 0.25) is 11.8 Å². The summed E-state index contributed by atoms with van der Waals surface area (Å²) in [6.07, 6.45) is -4.71. The number of nitrogens with zero attached hydrogens (tertiary/aromatic N) is 1. The van der Waals surface area contributed by atoms with Crippen LogP contribution in [0.5, 0.6) is 0 Å². The van der Waals surface area contributed by atoms with Gasteiger partial charge in [0.05, 0.1) is 30.2 Å². The average molecular weight is 630 g/mol. The fourth-order valence-electron chi connectivity index (χ4n) is 5.49. The predicted molar refractivity (Wildman–Crippen MR) is 154 cm³/mol. The van der Waals surface area contributed by atoms with Gasteiger partial charge in [0.25, 0.3) is 0 Å². The Balaban J connectivity index is 1.26. The number of benzene rings is 3. The third kappa shape index (κ3) is 8.46. The molecular weight excluding hydrogens is 597 g/mol. The Morgan fingerprint density at radius 1 is 1.00 bits per heavy atom. The second kappa shape index (κ2) is 13.8. The number of carbonyl (C=O) groups excluding carboxylic acids is 2. The number of nitrogens with one attached hydrogen (secondary N) is 2. The number of carbonyl (C=O) groups is 2. The average Bonchev–Trinajstić information content (AvgIpc) is 3.62. The maximum absolute atomic E-state index is 14.0. The summed E-state index contributed by atoms with van der Waals surface area (Å²) in [4.78, 5) is 27.5. The highest BCUT2D eigenvalue weighted by Gasteiger charge is 2.37. The standard InChI is InChI=1S/C33H32F5N3O4/c34-25-10-22(11-26(35)14-25)12-29(31(43)28-15-27(16-39-28)45-19-21-4-2-1-3-5-21)40-32(44)23-13-30(42)41(18-23)17-20-6-8-24(9-7-20)33(36,37)38/h1-11,14-15,23,27,29,31,39,43H,12-13,16-19H2,(H,40,44)/t23?,27?,29-,31+/m0/s1. The normalized spacial score (nSPS) is 19.6. The van der Waals surface area contributed by atoms with Gasteiger partial charge < -0.3 is 25.4 Å². The predicted octanol–water partition coefficient (Wildman–Crippen LogP) is 4.49. The summed E-state index contributed by atoms with van der Waals surface area (Å²) >= 11 is 0. The van der Waals surface area contributed by atoms with Crippen molar-refractivity contribution in [3.05, 3.63) is 118 Å². The molecule has 1 fully saturated rings. The van der Waals surface area contributed by atoms with Crippen molar-refractivity contribution in [2.75, 3.05) is 13.1 Å². The van der Waals surface area contributed by atoms with Crippen LogP contribution in [0.2, 0.25) is 0 Å². The summed E-state index contributed by atoms with van der Waals surface area (Å²) in [5, 5.41) is 17.2. The minimum atomic E-state index is -4.48. The molecule has 0 bridgehead atoms. The van der Waals surface area contributed by atoms with Crippen LogP contribution in [0.15, 0.2) is 84.6 Å². The van der Waals surface area contributed by atoms with Crippen molar-refractivity contribution in [1.82, 2.24) is 15.5 Å². The first kappa shape index (κ1) is 32.1. The molecule has 2 unspecified atom stereocenters. The van der Waals surface area contributed by atoms with E-state index in [0.29, 0.717) is 24.4 Å². The lowest BCUT2D eigenvalue weighted by molar-refractivity contribution is -0.137. The van der Waals surface area contributed by atoms with Crippen LogP contribution in [0.25, 0.3) is 0 Å². The third-order valence-corrected chi connectivity index (χ3v) is 7.83. The van der Waals surface area contributed by atoms with E-state index in [2.05, 4.69) is 10.6 Å². The number of halogens is 5. The van der Waals surface area contributed by atoms with Crippen LogP contribution in [0, 0.1) is 17.6 Å². The highest BCUT2D eigenvalue weighted by atomic mass is 19.4. The molecule has 3 aromatic carbocycles. The van der Waals surface area contributed by atoms with E-state index in [1.54, 1.807) is 6.08 Å². The molecule has 2 heterocycles. The Morgan fingerprint density at radius 3 is 2.36 bits per heavy atom. The molecular formula is C33H32F5N3O4. The SMILES string of the molecule is O=C(N[C@@H](Cc1cc(F)cc(F)c1)[C@H](O)C1=CC(OCc2ccccc2)CN1)C1CC(=O)N(Cc2ccc(C(F)(F)F)cc2)C1. The van der Waals surface area contributed by atoms with Gasteiger partial charge in [-0.05, 0) is 53.5 Å². The molecule has 2 amide bonds. The van der Waals surface area contributed by atoms with Gasteiger partial charge in [0, 0.05) is 37.8 Å². The lowest BCUT2D eigenvalue weighted by Gasteiger charge is -2.27. The van der Waals surface area contributed by atoms with E-state index < -0.39 is 47.3 Å². The van der Waals surface area contributed by atoms with E-state index in [9.17, 15) is 36.6 Å². The molecule has 3 aromatic rings. The molecule has 4 atom stereocenters. The first-order valence-corrected chi connectivity index (χ1v) is 14.4. The highest BCUT2D eigenvalue weighted by Crippen LogP contribution is 2.30. The van der Waals surface area contributed by atoms with Crippen molar-refractivity contribution in [3.8, 4) is 0 Å². The Kier molecular flexibility index (Phi) is 9.83. The molecule has 2 aliphatic heterocycles. The Hall–Kier alpha value is -4.29. The van der Waals surface area contributed by atoms with Crippen molar-refractivity contribution >= 4 is 11.8 Å². The number of rotatable bonds is 11. The van der Waals surface area contributed by atoms with Gasteiger partial charge in [0.1, 0.15) is 17.7 Å². The molecule has 5 rings (SSSR count). The molecule has 45 heavy (non-hydrogen) atoms. The minimum Gasteiger partial charge on any atom is -0.385 e. The molecule has 3 N–H and O–H groups in total. The van der Waals surface area contributed by atoms with Crippen molar-refractivity contribution in [2.24, 2.45) is 5.92 Å². The number of aliphatic hydroxyl groups excluding tert-OH is 1. The Bertz CT molecular complexity index is 1510. The number of amides is 2. The monoisotopic (exact) mass is 629 g/mol. The molecule has 0 radical (unpaired) electrons. The topological polar surface area (TPSA) is 90.9 Å². The molecule has 12 heteroatoms. The third-order valence-electron chi connectivity index (χ3n) is 7.83. The van der Waals surface area contributed by atoms with Gasteiger partial charge in [-0.1, -0.05) is 42.5 Å². The summed E-state index contributed by atoms with van der Waals surface area (Å²) in [7, 11) is 0. The summed E-state index contributed by atoms with van der Waals surface area (Å²) < 4.78 is 72.6. The van der Waals surface area contributed by atoms with Crippen molar-refractivity contribution in [1.29, 1.82) is 0 Å². The minimum absolute atomic E-state index is 0.0133. The quantitative estimate of drug-likeness (QED) is 0.272. The van der Waals surface area contributed by atoms with E-state index in [-0.39, 0.29) is 43.5 Å². The second-order valence-corrected chi connectivity index (χ2v) is 11.2. The number of aliphatic hydroxyl groups is 1. The van der Waals surface area contributed by atoms with Crippen LogP contribution >= 0.6 is 0 Å². The number of ether oxygens (including phenoxy) is 1. The van der Waals surface area contributed by atoms with E-state index in [0.717, 1.165) is 35.9 Å². The Labute approximate surface area is 256 Å². The zero-order valence-electron chi connectivity index (χ0n) is 24.1. The van der Waals surface area contributed by atoms with Gasteiger partial charge in [0.15, 0.2) is 0 Å². The lowest BCUT2D eigenvalue weighted by Crippen LogP contribution is -2.49. The van der Waals surface area contributed by atoms with E-state index >= 15 is 0 Å². The largest absolute Gasteiger partial charge is 0.416 e. The lowest BCUT2D eigenvalue weighted by atomic mass is 9.97. The van der Waals surface area contributed by atoms with Gasteiger partial charge in [-0.2, -0.15) is 13.2 Å². The van der Waals surface area contributed by atoms with Crippen LogP contribution in [-0.4, -0.2) is 53.2 Å². The van der Waals surface area contributed by atoms with E-state index in [1.165, 1.54) is 17.0 Å². The van der Waals surface area contributed by atoms with Gasteiger partial charge in [-0.15, -0.1) is 0 Å². The smallest absolute Gasteiger partial charge is 0.385 e. The first-order chi connectivity index (χ1) is 21.4. The van der Waals surface area contributed by atoms with Crippen LogP contribution < -0.4 is 10.6 Å². The fourth-order valence-corrected chi connectivity index (χ4v) is 5.49. The maximum Gasteiger partial charge on any atom is 0.416 e. The summed E-state index contributed by atoms with van der Waals surface area (Å²) in [6, 6.07) is 15.9. The van der Waals surface area contributed by atoms with Crippen molar-refractivity contribution in [3.63, 3.8) is 0 Å². The number of likely N-dealkylation sites (tertiary alicyclic amines) is 1. The second-order valence-electron chi connectivity index (χ2n) is 11.2. The van der Waals surface area contributed by atoms with Crippen LogP contribution in [-0.2, 0) is 40.1 Å². The summed E-state index contributed by atoms with van der Waals surface area (Å²) in [6.45, 7) is 0.745. The van der Waals surface area contributed by atoms with Gasteiger partial charge in [-0.25, -0.2) is 8.78 Å². The fraction of sp³-hybridized carbons (Fsp3) is 0.333. The van der Waals surface area contributed by atoms with Gasteiger partial charge in [-0.3, -0.25) is 9.59 Å². The number of hydrogen-bond donors (Lipinski definition) is 3.